The van der Waals surface area contributed by atoms with E-state index in [0.29, 0.717) is 17.8 Å². The molecule has 5 nitrogen and oxygen atoms in total. The Labute approximate surface area is 143 Å². The van der Waals surface area contributed by atoms with E-state index in [2.05, 4.69) is 17.0 Å². The predicted octanol–water partition coefficient (Wildman–Crippen LogP) is 3.70. The van der Waals surface area contributed by atoms with Crippen LogP contribution in [0.3, 0.4) is 0 Å². The summed E-state index contributed by atoms with van der Waals surface area (Å²) in [5.41, 5.74) is 1.16. The molecule has 0 bridgehead atoms. The highest BCUT2D eigenvalue weighted by molar-refractivity contribution is 8.00. The number of thioether (sulfide) groups is 1. The molecular formula is C16H26N2O3S2. The lowest BCUT2D eigenvalue weighted by molar-refractivity contribution is -0.115. The van der Waals surface area contributed by atoms with E-state index in [1.165, 1.54) is 0 Å². The van der Waals surface area contributed by atoms with Crippen molar-refractivity contribution in [1.82, 2.24) is 0 Å². The lowest BCUT2D eigenvalue weighted by Gasteiger charge is -2.12. The molecule has 0 aliphatic rings. The van der Waals surface area contributed by atoms with E-state index in [0.717, 1.165) is 18.6 Å². The molecule has 1 atom stereocenters. The van der Waals surface area contributed by atoms with Gasteiger partial charge >= 0.3 is 0 Å². The fourth-order valence-corrected chi connectivity index (χ4v) is 4.00. The Morgan fingerprint density at radius 2 is 1.74 bits per heavy atom. The first-order valence-electron chi connectivity index (χ1n) is 7.91. The molecule has 1 aromatic rings. The number of hydrogen-bond donors (Lipinski definition) is 2. The molecule has 0 radical (unpaired) electrons. The van der Waals surface area contributed by atoms with Crippen molar-refractivity contribution in [3.63, 3.8) is 0 Å². The minimum Gasteiger partial charge on any atom is -0.325 e. The summed E-state index contributed by atoms with van der Waals surface area (Å²) in [7, 11) is -3.29. The van der Waals surface area contributed by atoms with Crippen molar-refractivity contribution in [3.8, 4) is 0 Å². The van der Waals surface area contributed by atoms with Crippen molar-refractivity contribution < 1.29 is 13.2 Å². The minimum absolute atomic E-state index is 0.0367. The summed E-state index contributed by atoms with van der Waals surface area (Å²) in [4.78, 5) is 12.1. The highest BCUT2D eigenvalue weighted by Gasteiger charge is 2.13. The molecule has 23 heavy (non-hydrogen) atoms. The highest BCUT2D eigenvalue weighted by atomic mass is 32.2. The molecule has 0 heterocycles. The van der Waals surface area contributed by atoms with Gasteiger partial charge in [-0.3, -0.25) is 9.52 Å². The second kappa shape index (κ2) is 9.82. The summed E-state index contributed by atoms with van der Waals surface area (Å²) in [5, 5.41) is 2.74. The maximum Gasteiger partial charge on any atom is 0.237 e. The summed E-state index contributed by atoms with van der Waals surface area (Å²) < 4.78 is 25.9. The van der Waals surface area contributed by atoms with Gasteiger partial charge in [-0.2, -0.15) is 0 Å². The molecular weight excluding hydrogens is 332 g/mol. The number of nitrogens with one attached hydrogen (secondary N) is 2. The van der Waals surface area contributed by atoms with Crippen LogP contribution in [0.5, 0.6) is 0 Å². The number of hydrogen-bond acceptors (Lipinski definition) is 4. The van der Waals surface area contributed by atoms with Gasteiger partial charge in [-0.1, -0.05) is 20.3 Å². The lowest BCUT2D eigenvalue weighted by Crippen LogP contribution is -2.22. The average Bonchev–Trinajstić information content (AvgIpc) is 2.49. The number of amides is 1. The Bertz CT molecular complexity index is 586. The van der Waals surface area contributed by atoms with Gasteiger partial charge in [0.05, 0.1) is 11.0 Å². The molecule has 2 N–H and O–H groups in total. The maximum absolute atomic E-state index is 12.1. The Morgan fingerprint density at radius 1 is 1.13 bits per heavy atom. The van der Waals surface area contributed by atoms with Crippen molar-refractivity contribution in [3.05, 3.63) is 24.3 Å². The van der Waals surface area contributed by atoms with Crippen LogP contribution in [0.2, 0.25) is 0 Å². The van der Waals surface area contributed by atoms with E-state index in [-0.39, 0.29) is 16.9 Å². The van der Waals surface area contributed by atoms with Crippen LogP contribution in [0.15, 0.2) is 24.3 Å². The summed E-state index contributed by atoms with van der Waals surface area (Å²) in [5.74, 6) is 1.03. The summed E-state index contributed by atoms with van der Waals surface area (Å²) >= 11 is 1.64. The number of sulfonamides is 1. The van der Waals surface area contributed by atoms with Crippen LogP contribution in [0.25, 0.3) is 0 Å². The van der Waals surface area contributed by atoms with Gasteiger partial charge in [0.2, 0.25) is 15.9 Å². The van der Waals surface area contributed by atoms with Crippen molar-refractivity contribution in [2.45, 2.75) is 45.3 Å². The maximum atomic E-state index is 12.1. The zero-order valence-corrected chi connectivity index (χ0v) is 15.6. The van der Waals surface area contributed by atoms with Gasteiger partial charge < -0.3 is 5.32 Å². The van der Waals surface area contributed by atoms with Crippen molar-refractivity contribution in [1.29, 1.82) is 0 Å². The number of carbonyl (C=O) groups excluding carboxylic acids is 1. The second-order valence-corrected chi connectivity index (χ2v) is 8.64. The second-order valence-electron chi connectivity index (χ2n) is 5.35. The molecule has 1 unspecified atom stereocenters. The van der Waals surface area contributed by atoms with Crippen molar-refractivity contribution in [2.75, 3.05) is 21.5 Å². The summed E-state index contributed by atoms with van der Waals surface area (Å²) in [6.45, 7) is 5.84. The summed E-state index contributed by atoms with van der Waals surface area (Å²) in [6, 6.07) is 6.70. The van der Waals surface area contributed by atoms with E-state index < -0.39 is 10.0 Å². The first kappa shape index (κ1) is 19.8. The van der Waals surface area contributed by atoms with Gasteiger partial charge in [0.25, 0.3) is 0 Å². The average molecular weight is 359 g/mol. The number of rotatable bonds is 10. The molecule has 1 rings (SSSR count). The SMILES string of the molecule is CCCCSC(C)C(=O)Nc1ccc(NS(=O)(=O)CCC)cc1. The molecule has 0 saturated heterocycles. The fourth-order valence-electron chi connectivity index (χ4n) is 1.84. The van der Waals surface area contributed by atoms with Crippen LogP contribution < -0.4 is 10.0 Å². The molecule has 0 aliphatic carbocycles. The van der Waals surface area contributed by atoms with Gasteiger partial charge in [0.1, 0.15) is 0 Å². The quantitative estimate of drug-likeness (QED) is 0.625. The van der Waals surface area contributed by atoms with E-state index in [1.807, 2.05) is 13.8 Å². The van der Waals surface area contributed by atoms with Crippen LogP contribution in [0, 0.1) is 0 Å². The van der Waals surface area contributed by atoms with Crippen LogP contribution in [-0.2, 0) is 14.8 Å². The zero-order chi connectivity index (χ0) is 17.3. The topological polar surface area (TPSA) is 75.3 Å². The van der Waals surface area contributed by atoms with Crippen LogP contribution >= 0.6 is 11.8 Å². The smallest absolute Gasteiger partial charge is 0.237 e. The molecule has 0 fully saturated rings. The number of unbranched alkanes of at least 4 members (excludes halogenated alkanes) is 1. The fraction of sp³-hybridized carbons (Fsp3) is 0.562. The minimum atomic E-state index is -3.29. The third kappa shape index (κ3) is 7.74. The Balaban J connectivity index is 2.55. The largest absolute Gasteiger partial charge is 0.325 e. The Kier molecular flexibility index (Phi) is 8.47. The van der Waals surface area contributed by atoms with Crippen LogP contribution in [0.4, 0.5) is 11.4 Å². The Hall–Kier alpha value is -1.21. The lowest BCUT2D eigenvalue weighted by atomic mass is 10.3. The molecule has 0 aliphatic heterocycles. The zero-order valence-electron chi connectivity index (χ0n) is 14.0. The molecule has 0 aromatic heterocycles. The monoisotopic (exact) mass is 358 g/mol. The van der Waals surface area contributed by atoms with Crippen molar-refractivity contribution >= 4 is 39.1 Å². The van der Waals surface area contributed by atoms with Gasteiger partial charge in [0.15, 0.2) is 0 Å². The third-order valence-electron chi connectivity index (χ3n) is 3.13. The standard InChI is InChI=1S/C16H26N2O3S2/c1-4-6-11-22-13(3)16(19)17-14-7-9-15(10-8-14)18-23(20,21)12-5-2/h7-10,13,18H,4-6,11-12H2,1-3H3,(H,17,19). The van der Waals surface area contributed by atoms with Crippen LogP contribution in [-0.4, -0.2) is 31.1 Å². The van der Waals surface area contributed by atoms with Gasteiger partial charge in [-0.05, 0) is 49.8 Å². The number of anilines is 2. The summed E-state index contributed by atoms with van der Waals surface area (Å²) in [6.07, 6.45) is 2.79. The van der Waals surface area contributed by atoms with Crippen molar-refractivity contribution in [2.24, 2.45) is 0 Å². The number of benzene rings is 1. The normalized spacial score (nSPS) is 12.7. The predicted molar refractivity (Wildman–Crippen MR) is 99.6 cm³/mol. The molecule has 1 amide bonds. The van der Waals surface area contributed by atoms with E-state index in [4.69, 9.17) is 0 Å². The highest BCUT2D eigenvalue weighted by Crippen LogP contribution is 2.18. The first-order valence-corrected chi connectivity index (χ1v) is 10.6. The van der Waals surface area contributed by atoms with E-state index >= 15 is 0 Å². The van der Waals surface area contributed by atoms with E-state index in [9.17, 15) is 13.2 Å². The molecule has 0 spiro atoms. The van der Waals surface area contributed by atoms with E-state index in [1.54, 1.807) is 36.0 Å². The molecule has 0 saturated carbocycles. The van der Waals surface area contributed by atoms with Crippen LogP contribution in [0.1, 0.15) is 40.0 Å². The number of carbonyl (C=O) groups is 1. The first-order chi connectivity index (χ1) is 10.9. The Morgan fingerprint density at radius 3 is 2.30 bits per heavy atom. The van der Waals surface area contributed by atoms with Gasteiger partial charge in [-0.15, -0.1) is 11.8 Å². The molecule has 7 heteroatoms. The van der Waals surface area contributed by atoms with Gasteiger partial charge in [-0.25, -0.2) is 8.42 Å². The van der Waals surface area contributed by atoms with Gasteiger partial charge in [0, 0.05) is 11.4 Å². The molecule has 1 aromatic carbocycles. The molecule has 130 valence electrons. The third-order valence-corrected chi connectivity index (χ3v) is 5.86.